The van der Waals surface area contributed by atoms with Crippen LogP contribution < -0.4 is 5.73 Å². The number of likely N-dealkylation sites (N-methyl/N-ethyl adjacent to an activating group) is 1. The maximum Gasteiger partial charge on any atom is 0.0191 e. The summed E-state index contributed by atoms with van der Waals surface area (Å²) < 4.78 is 0. The van der Waals surface area contributed by atoms with E-state index in [9.17, 15) is 0 Å². The summed E-state index contributed by atoms with van der Waals surface area (Å²) in [5, 5.41) is 0. The molecule has 0 bridgehead atoms. The molecule has 0 rings (SSSR count). The lowest BCUT2D eigenvalue weighted by molar-refractivity contribution is 0.307. The van der Waals surface area contributed by atoms with Gasteiger partial charge in [0.05, 0.1) is 0 Å². The smallest absolute Gasteiger partial charge is 0.0191 e. The van der Waals surface area contributed by atoms with Gasteiger partial charge in [-0.15, -0.1) is 6.58 Å². The minimum Gasteiger partial charge on any atom is -0.326 e. The fraction of sp³-hybridized carbons (Fsp3) is 0.778. The Morgan fingerprint density at radius 2 is 2.09 bits per heavy atom. The first-order valence-electron chi connectivity index (χ1n) is 4.13. The van der Waals surface area contributed by atoms with Crippen LogP contribution in [-0.2, 0) is 0 Å². The Kier molecular flexibility index (Phi) is 5.16. The molecule has 0 aliphatic rings. The van der Waals surface area contributed by atoms with Crippen LogP contribution in [0.25, 0.3) is 0 Å². The zero-order chi connectivity index (χ0) is 8.85. The maximum atomic E-state index is 5.87. The van der Waals surface area contributed by atoms with Gasteiger partial charge >= 0.3 is 0 Å². The van der Waals surface area contributed by atoms with Gasteiger partial charge in [0.1, 0.15) is 0 Å². The summed E-state index contributed by atoms with van der Waals surface area (Å²) in [6.45, 7) is 9.83. The molecule has 0 saturated heterocycles. The second kappa shape index (κ2) is 5.33. The molecule has 66 valence electrons. The average Bonchev–Trinajstić information content (AvgIpc) is 1.87. The van der Waals surface area contributed by atoms with Crippen molar-refractivity contribution in [2.45, 2.75) is 19.9 Å². The van der Waals surface area contributed by atoms with Crippen LogP contribution in [0.2, 0.25) is 0 Å². The van der Waals surface area contributed by atoms with E-state index >= 15 is 0 Å². The van der Waals surface area contributed by atoms with Crippen LogP contribution in [0.5, 0.6) is 0 Å². The topological polar surface area (TPSA) is 29.3 Å². The van der Waals surface area contributed by atoms with Crippen LogP contribution in [0.3, 0.4) is 0 Å². The van der Waals surface area contributed by atoms with E-state index in [1.165, 1.54) is 0 Å². The standard InChI is InChI=1S/C9H20N2/c1-5-6-11(4)7-9(10)8(2)3/h5,8-9H,1,6-7,10H2,2-4H3. The van der Waals surface area contributed by atoms with Gasteiger partial charge < -0.3 is 10.6 Å². The van der Waals surface area contributed by atoms with E-state index in [0.717, 1.165) is 13.1 Å². The molecule has 0 aliphatic heterocycles. The Hall–Kier alpha value is -0.340. The van der Waals surface area contributed by atoms with E-state index in [1.807, 2.05) is 6.08 Å². The van der Waals surface area contributed by atoms with Crippen LogP contribution in [0.1, 0.15) is 13.8 Å². The van der Waals surface area contributed by atoms with E-state index in [0.29, 0.717) is 5.92 Å². The summed E-state index contributed by atoms with van der Waals surface area (Å²) >= 11 is 0. The third-order valence-electron chi connectivity index (χ3n) is 1.82. The lowest BCUT2D eigenvalue weighted by Crippen LogP contribution is -2.38. The molecule has 2 N–H and O–H groups in total. The second-order valence-electron chi connectivity index (χ2n) is 3.42. The van der Waals surface area contributed by atoms with Crippen molar-refractivity contribution in [2.24, 2.45) is 11.7 Å². The number of rotatable bonds is 5. The lowest BCUT2D eigenvalue weighted by Gasteiger charge is -2.22. The highest BCUT2D eigenvalue weighted by atomic mass is 15.1. The summed E-state index contributed by atoms with van der Waals surface area (Å²) in [5.74, 6) is 0.558. The molecule has 11 heavy (non-hydrogen) atoms. The normalized spacial score (nSPS) is 14.0. The van der Waals surface area contributed by atoms with Crippen LogP contribution >= 0.6 is 0 Å². The highest BCUT2D eigenvalue weighted by molar-refractivity contribution is 4.75. The average molecular weight is 156 g/mol. The third-order valence-corrected chi connectivity index (χ3v) is 1.82. The molecule has 2 nitrogen and oxygen atoms in total. The first kappa shape index (κ1) is 10.7. The van der Waals surface area contributed by atoms with E-state index in [-0.39, 0.29) is 6.04 Å². The largest absolute Gasteiger partial charge is 0.326 e. The molecule has 0 aromatic carbocycles. The molecule has 0 fully saturated rings. The number of hydrogen-bond acceptors (Lipinski definition) is 2. The highest BCUT2D eigenvalue weighted by Crippen LogP contribution is 1.99. The van der Waals surface area contributed by atoms with Crippen molar-refractivity contribution in [3.05, 3.63) is 12.7 Å². The van der Waals surface area contributed by atoms with E-state index < -0.39 is 0 Å². The molecule has 0 spiro atoms. The van der Waals surface area contributed by atoms with Gasteiger partial charge in [0.2, 0.25) is 0 Å². The molecule has 0 amide bonds. The van der Waals surface area contributed by atoms with Gasteiger partial charge in [-0.2, -0.15) is 0 Å². The van der Waals surface area contributed by atoms with Gasteiger partial charge in [-0.1, -0.05) is 19.9 Å². The van der Waals surface area contributed by atoms with Gasteiger partial charge in [-0.25, -0.2) is 0 Å². The van der Waals surface area contributed by atoms with Crippen LogP contribution in [0, 0.1) is 5.92 Å². The van der Waals surface area contributed by atoms with E-state index in [4.69, 9.17) is 5.73 Å². The van der Waals surface area contributed by atoms with Gasteiger partial charge in [-0.05, 0) is 13.0 Å². The van der Waals surface area contributed by atoms with E-state index in [2.05, 4.69) is 32.4 Å². The lowest BCUT2D eigenvalue weighted by atomic mass is 10.1. The fourth-order valence-electron chi connectivity index (χ4n) is 0.866. The van der Waals surface area contributed by atoms with Gasteiger partial charge in [0, 0.05) is 19.1 Å². The molecular weight excluding hydrogens is 136 g/mol. The molecule has 0 saturated carbocycles. The van der Waals surface area contributed by atoms with Crippen LogP contribution in [0.4, 0.5) is 0 Å². The van der Waals surface area contributed by atoms with Crippen molar-refractivity contribution in [3.8, 4) is 0 Å². The monoisotopic (exact) mass is 156 g/mol. The summed E-state index contributed by atoms with van der Waals surface area (Å²) in [5.41, 5.74) is 5.87. The van der Waals surface area contributed by atoms with Gasteiger partial charge in [0.25, 0.3) is 0 Å². The van der Waals surface area contributed by atoms with Gasteiger partial charge in [-0.3, -0.25) is 0 Å². The number of nitrogens with zero attached hydrogens (tertiary/aromatic N) is 1. The zero-order valence-corrected chi connectivity index (χ0v) is 7.88. The summed E-state index contributed by atoms with van der Waals surface area (Å²) in [6, 6.07) is 0.278. The molecule has 0 aromatic heterocycles. The molecule has 1 unspecified atom stereocenters. The summed E-state index contributed by atoms with van der Waals surface area (Å²) in [7, 11) is 2.06. The SMILES string of the molecule is C=CCN(C)CC(N)C(C)C. The van der Waals surface area contributed by atoms with Crippen molar-refractivity contribution >= 4 is 0 Å². The fourth-order valence-corrected chi connectivity index (χ4v) is 0.866. The molecule has 0 aliphatic carbocycles. The first-order valence-corrected chi connectivity index (χ1v) is 4.13. The first-order chi connectivity index (χ1) is 5.07. The second-order valence-corrected chi connectivity index (χ2v) is 3.42. The van der Waals surface area contributed by atoms with Crippen molar-refractivity contribution in [1.82, 2.24) is 4.90 Å². The Balaban J connectivity index is 3.56. The molecule has 0 heterocycles. The van der Waals surface area contributed by atoms with Gasteiger partial charge in [0.15, 0.2) is 0 Å². The predicted octanol–water partition coefficient (Wildman–Crippen LogP) is 1.09. The Bertz CT molecular complexity index is 110. The Morgan fingerprint density at radius 1 is 1.55 bits per heavy atom. The zero-order valence-electron chi connectivity index (χ0n) is 7.88. The van der Waals surface area contributed by atoms with Crippen molar-refractivity contribution in [1.29, 1.82) is 0 Å². The molecule has 0 aromatic rings. The van der Waals surface area contributed by atoms with Crippen molar-refractivity contribution < 1.29 is 0 Å². The van der Waals surface area contributed by atoms with E-state index in [1.54, 1.807) is 0 Å². The predicted molar refractivity (Wildman–Crippen MR) is 50.5 cm³/mol. The van der Waals surface area contributed by atoms with Crippen LogP contribution in [-0.4, -0.2) is 31.1 Å². The summed E-state index contributed by atoms with van der Waals surface area (Å²) in [6.07, 6.45) is 1.90. The summed E-state index contributed by atoms with van der Waals surface area (Å²) in [4.78, 5) is 2.18. The van der Waals surface area contributed by atoms with Crippen molar-refractivity contribution in [2.75, 3.05) is 20.1 Å². The quantitative estimate of drug-likeness (QED) is 0.604. The molecule has 2 heteroatoms. The molecule has 0 radical (unpaired) electrons. The number of nitrogens with two attached hydrogens (primary N) is 1. The molecular formula is C9H20N2. The maximum absolute atomic E-state index is 5.87. The van der Waals surface area contributed by atoms with Crippen molar-refractivity contribution in [3.63, 3.8) is 0 Å². The Morgan fingerprint density at radius 3 is 2.45 bits per heavy atom. The third kappa shape index (κ3) is 4.99. The highest BCUT2D eigenvalue weighted by Gasteiger charge is 2.08. The minimum atomic E-state index is 0.278. The van der Waals surface area contributed by atoms with Crippen LogP contribution in [0.15, 0.2) is 12.7 Å². The minimum absolute atomic E-state index is 0.278. The Labute approximate surface area is 70.1 Å². The molecule has 1 atom stereocenters. The number of hydrogen-bond donors (Lipinski definition) is 1.